The summed E-state index contributed by atoms with van der Waals surface area (Å²) in [4.78, 5) is 0. The van der Waals surface area contributed by atoms with E-state index in [1.165, 1.54) is 51.4 Å². The van der Waals surface area contributed by atoms with E-state index in [-0.39, 0.29) is 17.0 Å². The average Bonchev–Trinajstić information content (AvgIpc) is 3.02. The minimum Gasteiger partial charge on any atom is -0.432 e. The van der Waals surface area contributed by atoms with E-state index in [1.54, 1.807) is 0 Å². The van der Waals surface area contributed by atoms with Crippen LogP contribution in [-0.2, 0) is 6.11 Å². The lowest BCUT2D eigenvalue weighted by molar-refractivity contribution is -0.189. The molecule has 3 aromatic rings. The maximum atomic E-state index is 15.1. The Morgan fingerprint density at radius 2 is 1.36 bits per heavy atom. The van der Waals surface area contributed by atoms with E-state index in [9.17, 15) is 17.6 Å². The van der Waals surface area contributed by atoms with Gasteiger partial charge in [-0.15, -0.1) is 0 Å². The normalized spacial score (nSPS) is 22.0. The summed E-state index contributed by atoms with van der Waals surface area (Å²) in [5.41, 5.74) is -1.58. The Kier molecular flexibility index (Phi) is 11.4. The first-order valence-corrected chi connectivity index (χ1v) is 16.6. The Balaban J connectivity index is 1.20. The number of halogens is 8. The number of hydrogen-bond donors (Lipinski definition) is 0. The topological polar surface area (TPSA) is 18.5 Å². The molecule has 0 unspecified atom stereocenters. The third-order valence-corrected chi connectivity index (χ3v) is 10.0. The van der Waals surface area contributed by atoms with Crippen molar-refractivity contribution in [3.63, 3.8) is 0 Å². The summed E-state index contributed by atoms with van der Waals surface area (Å²) in [7, 11) is 0. The van der Waals surface area contributed by atoms with Crippen LogP contribution in [0, 0.1) is 41.0 Å². The van der Waals surface area contributed by atoms with Crippen LogP contribution < -0.4 is 9.47 Å². The summed E-state index contributed by atoms with van der Waals surface area (Å²) in [5.74, 6) is -4.74. The van der Waals surface area contributed by atoms with Crippen LogP contribution >= 0.6 is 0 Å². The second-order valence-corrected chi connectivity index (χ2v) is 13.0. The molecule has 2 aliphatic carbocycles. The molecule has 5 rings (SSSR count). The molecule has 3 aromatic carbocycles. The maximum absolute atomic E-state index is 15.1. The van der Waals surface area contributed by atoms with Gasteiger partial charge in [-0.2, -0.15) is 17.6 Å². The summed E-state index contributed by atoms with van der Waals surface area (Å²) >= 11 is 0. The summed E-state index contributed by atoms with van der Waals surface area (Å²) in [6.45, 7) is -1.05. The first-order chi connectivity index (χ1) is 22.4. The second-order valence-electron chi connectivity index (χ2n) is 13.0. The van der Waals surface area contributed by atoms with Crippen molar-refractivity contribution in [2.24, 2.45) is 17.8 Å². The van der Waals surface area contributed by atoms with Gasteiger partial charge in [0.25, 0.3) is 0 Å². The van der Waals surface area contributed by atoms with Crippen molar-refractivity contribution in [1.82, 2.24) is 0 Å². The summed E-state index contributed by atoms with van der Waals surface area (Å²) < 4.78 is 123. The third-order valence-electron chi connectivity index (χ3n) is 10.0. The van der Waals surface area contributed by atoms with E-state index in [0.29, 0.717) is 23.5 Å². The van der Waals surface area contributed by atoms with Gasteiger partial charge < -0.3 is 9.47 Å². The van der Waals surface area contributed by atoms with Crippen LogP contribution in [0.5, 0.6) is 11.5 Å². The molecule has 0 N–H and O–H groups in total. The monoisotopic (exact) mass is 668 g/mol. The fourth-order valence-electron chi connectivity index (χ4n) is 7.51. The van der Waals surface area contributed by atoms with Crippen molar-refractivity contribution in [2.45, 2.75) is 103 Å². The number of benzene rings is 3. The molecule has 0 spiro atoms. The van der Waals surface area contributed by atoms with E-state index in [2.05, 4.69) is 16.4 Å². The smallest absolute Gasteiger partial charge is 0.432 e. The molecule has 0 aliphatic heterocycles. The van der Waals surface area contributed by atoms with Gasteiger partial charge in [0, 0.05) is 11.6 Å². The first-order valence-electron chi connectivity index (χ1n) is 16.6. The van der Waals surface area contributed by atoms with Crippen molar-refractivity contribution in [3.05, 3.63) is 82.9 Å². The summed E-state index contributed by atoms with van der Waals surface area (Å²) in [6, 6.07) is 7.09. The zero-order chi connectivity index (χ0) is 33.7. The predicted molar refractivity (Wildman–Crippen MR) is 164 cm³/mol. The lowest BCUT2D eigenvalue weighted by atomic mass is 9.68. The molecule has 256 valence electrons. The van der Waals surface area contributed by atoms with Gasteiger partial charge in [0.05, 0.1) is 0 Å². The molecule has 0 aromatic heterocycles. The molecular formula is C37H40F8O2. The van der Waals surface area contributed by atoms with Gasteiger partial charge in [0.2, 0.25) is 0 Å². The highest BCUT2D eigenvalue weighted by molar-refractivity contribution is 5.66. The number of hydrogen-bond acceptors (Lipinski definition) is 2. The lowest BCUT2D eigenvalue weighted by Gasteiger charge is -2.38. The van der Waals surface area contributed by atoms with Crippen LogP contribution in [0.15, 0.2) is 48.5 Å². The van der Waals surface area contributed by atoms with Crippen LogP contribution in [0.25, 0.3) is 11.1 Å². The van der Waals surface area contributed by atoms with Crippen molar-refractivity contribution in [3.8, 4) is 22.6 Å². The Hall–Kier alpha value is -3.30. The first kappa shape index (κ1) is 35.0. The number of ether oxygens (including phenoxy) is 2. The largest absolute Gasteiger partial charge is 0.432 e. The molecular weight excluding hydrogens is 628 g/mol. The number of rotatable bonds is 12. The minimum atomic E-state index is -4.48. The van der Waals surface area contributed by atoms with Gasteiger partial charge in [0.15, 0.2) is 11.6 Å². The quantitative estimate of drug-likeness (QED) is 0.141. The highest BCUT2D eigenvalue weighted by Crippen LogP contribution is 2.46. The van der Waals surface area contributed by atoms with Crippen LogP contribution in [0.1, 0.15) is 101 Å². The van der Waals surface area contributed by atoms with Crippen molar-refractivity contribution in [2.75, 3.05) is 0 Å². The van der Waals surface area contributed by atoms with Crippen LogP contribution in [0.3, 0.4) is 0 Å². The fourth-order valence-corrected chi connectivity index (χ4v) is 7.51. The number of alkyl halides is 4. The van der Waals surface area contributed by atoms with E-state index in [1.807, 2.05) is 0 Å². The molecule has 2 fully saturated rings. The third kappa shape index (κ3) is 8.60. The Labute approximate surface area is 270 Å². The van der Waals surface area contributed by atoms with Gasteiger partial charge in [0.1, 0.15) is 28.8 Å². The van der Waals surface area contributed by atoms with Crippen molar-refractivity contribution < 1.29 is 44.6 Å². The Morgan fingerprint density at radius 1 is 0.723 bits per heavy atom. The van der Waals surface area contributed by atoms with Crippen LogP contribution in [-0.4, -0.2) is 6.61 Å². The molecule has 0 radical (unpaired) electrons. The molecule has 2 saturated carbocycles. The van der Waals surface area contributed by atoms with Gasteiger partial charge in [-0.1, -0.05) is 51.5 Å². The van der Waals surface area contributed by atoms with Crippen LogP contribution in [0.4, 0.5) is 35.1 Å². The molecule has 2 nitrogen and oxygen atoms in total. The standard InChI is InChI=1S/C37H40F8O2/c1-2-3-4-5-22-6-8-23(9-7-22)24-10-12-25(13-11-24)27-19-32(40)35(33(41)20-27)37(44,45)47-28-15-16-29(30(38)21-28)26-14-17-34(31(39)18-26)46-36(42)43/h14-25,36H,2-13H2,1H3. The maximum Gasteiger partial charge on any atom is 0.432 e. The molecule has 0 saturated heterocycles. The molecule has 10 heteroatoms. The highest BCUT2D eigenvalue weighted by atomic mass is 19.3. The average molecular weight is 669 g/mol. The van der Waals surface area contributed by atoms with Gasteiger partial charge in [-0.05, 0) is 110 Å². The minimum absolute atomic E-state index is 0.0909. The highest BCUT2D eigenvalue weighted by Gasteiger charge is 2.42. The predicted octanol–water partition coefficient (Wildman–Crippen LogP) is 12.3. The second kappa shape index (κ2) is 15.3. The van der Waals surface area contributed by atoms with Gasteiger partial charge in [-0.3, -0.25) is 0 Å². The molecule has 0 amide bonds. The van der Waals surface area contributed by atoms with Crippen LogP contribution in [0.2, 0.25) is 0 Å². The molecule has 0 bridgehead atoms. The Bertz CT molecular complexity index is 1470. The Morgan fingerprint density at radius 3 is 1.94 bits per heavy atom. The van der Waals surface area contributed by atoms with E-state index in [4.69, 9.17) is 0 Å². The zero-order valence-electron chi connectivity index (χ0n) is 26.3. The summed E-state index contributed by atoms with van der Waals surface area (Å²) in [5, 5.41) is 0. The van der Waals surface area contributed by atoms with Gasteiger partial charge >= 0.3 is 12.7 Å². The molecule has 0 heterocycles. The molecule has 2 aliphatic rings. The van der Waals surface area contributed by atoms with Crippen molar-refractivity contribution >= 4 is 0 Å². The number of unbranched alkanes of at least 4 members (excludes halogenated alkanes) is 2. The lowest BCUT2D eigenvalue weighted by Crippen LogP contribution is -2.27. The molecule has 0 atom stereocenters. The fraction of sp³-hybridized carbons (Fsp3) is 0.514. The van der Waals surface area contributed by atoms with E-state index < -0.39 is 53.1 Å². The summed E-state index contributed by atoms with van der Waals surface area (Å²) in [6.07, 6.45) is 9.05. The van der Waals surface area contributed by atoms with Gasteiger partial charge in [-0.25, -0.2) is 17.6 Å². The van der Waals surface area contributed by atoms with E-state index >= 15 is 17.6 Å². The molecule has 47 heavy (non-hydrogen) atoms. The SMILES string of the molecule is CCCCCC1CCC(C2CCC(c3cc(F)c(C(F)(F)Oc4ccc(-c5ccc(OC(F)F)c(F)c5)c(F)c4)c(F)c3)CC2)CC1. The van der Waals surface area contributed by atoms with E-state index in [0.717, 1.165) is 74.1 Å². The van der Waals surface area contributed by atoms with Crippen molar-refractivity contribution in [1.29, 1.82) is 0 Å². The zero-order valence-corrected chi connectivity index (χ0v) is 26.3.